The van der Waals surface area contributed by atoms with Crippen molar-refractivity contribution in [2.75, 3.05) is 13.6 Å². The smallest absolute Gasteiger partial charge is 0.163 e. The van der Waals surface area contributed by atoms with Crippen LogP contribution >= 0.6 is 11.3 Å². The van der Waals surface area contributed by atoms with Crippen LogP contribution in [0.2, 0.25) is 0 Å². The molecule has 0 atom stereocenters. The summed E-state index contributed by atoms with van der Waals surface area (Å²) in [5.41, 5.74) is 9.42. The number of aryl methyl sites for hydroxylation is 2. The number of hydrogen-bond donors (Lipinski definition) is 0. The van der Waals surface area contributed by atoms with Crippen LogP contribution < -0.4 is 0 Å². The fourth-order valence-corrected chi connectivity index (χ4v) is 5.76. The first kappa shape index (κ1) is 18.8. The highest BCUT2D eigenvalue weighted by Gasteiger charge is 2.25. The van der Waals surface area contributed by atoms with Crippen LogP contribution in [-0.4, -0.2) is 37.6 Å². The number of benzene rings is 1. The Hall–Kier alpha value is -2.96. The van der Waals surface area contributed by atoms with E-state index in [1.807, 2.05) is 13.1 Å². The summed E-state index contributed by atoms with van der Waals surface area (Å²) in [4.78, 5) is 13.5. The molecule has 5 heterocycles. The summed E-state index contributed by atoms with van der Waals surface area (Å²) in [5.74, 6) is 0. The van der Waals surface area contributed by atoms with Crippen molar-refractivity contribution in [3.8, 4) is 16.1 Å². The summed E-state index contributed by atoms with van der Waals surface area (Å²) < 4.78 is 4.57. The molecule has 6 heteroatoms. The summed E-state index contributed by atoms with van der Waals surface area (Å²) >= 11 is 1.80. The second-order valence-corrected chi connectivity index (χ2v) is 9.54. The lowest BCUT2D eigenvalue weighted by Gasteiger charge is -2.12. The molecule has 0 saturated carbocycles. The average molecular weight is 428 g/mol. The summed E-state index contributed by atoms with van der Waals surface area (Å²) in [6, 6.07) is 11.2. The fourth-order valence-electron chi connectivity index (χ4n) is 4.89. The molecule has 0 bridgehead atoms. The van der Waals surface area contributed by atoms with E-state index < -0.39 is 0 Å². The molecule has 1 aliphatic rings. The fraction of sp³-hybridized carbons (Fsp3) is 0.280. The number of thiophene rings is 1. The first-order chi connectivity index (χ1) is 15.1. The Morgan fingerprint density at radius 2 is 2.00 bits per heavy atom. The first-order valence-corrected chi connectivity index (χ1v) is 11.7. The molecule has 5 aromatic rings. The maximum absolute atomic E-state index is 4.93. The van der Waals surface area contributed by atoms with Gasteiger partial charge < -0.3 is 9.47 Å². The van der Waals surface area contributed by atoms with Gasteiger partial charge in [-0.1, -0.05) is 12.1 Å². The molecule has 0 N–H and O–H groups in total. The molecule has 0 spiro atoms. The minimum absolute atomic E-state index is 0.922. The quantitative estimate of drug-likeness (QED) is 0.382. The molecule has 156 valence electrons. The number of nitrogens with zero attached hydrogens (tertiary/aromatic N) is 5. The van der Waals surface area contributed by atoms with Gasteiger partial charge in [-0.3, -0.25) is 4.57 Å². The average Bonchev–Trinajstić information content (AvgIpc) is 3.41. The molecule has 0 saturated heterocycles. The molecule has 0 unspecified atom stereocenters. The molecule has 0 aliphatic carbocycles. The van der Waals surface area contributed by atoms with Crippen LogP contribution in [0.25, 0.3) is 38.2 Å². The Morgan fingerprint density at radius 1 is 1.10 bits per heavy atom. The van der Waals surface area contributed by atoms with Crippen LogP contribution in [0.15, 0.2) is 48.1 Å². The van der Waals surface area contributed by atoms with Crippen LogP contribution in [0.4, 0.5) is 0 Å². The molecule has 0 amide bonds. The molecule has 1 aromatic carbocycles. The molecular weight excluding hydrogens is 402 g/mol. The van der Waals surface area contributed by atoms with E-state index in [1.165, 1.54) is 38.3 Å². The molecule has 1 aliphatic heterocycles. The molecule has 5 nitrogen and oxygen atoms in total. The maximum atomic E-state index is 4.93. The van der Waals surface area contributed by atoms with E-state index in [9.17, 15) is 0 Å². The molecule has 0 fully saturated rings. The van der Waals surface area contributed by atoms with Gasteiger partial charge in [-0.15, -0.1) is 11.3 Å². The molecule has 6 rings (SSSR count). The number of aromatic nitrogens is 4. The predicted octanol–water partition coefficient (Wildman–Crippen LogP) is 5.33. The zero-order chi connectivity index (χ0) is 21.1. The summed E-state index contributed by atoms with van der Waals surface area (Å²) in [6.07, 6.45) is 6.21. The Balaban J connectivity index is 1.61. The second-order valence-electron chi connectivity index (χ2n) is 8.62. The highest BCUT2D eigenvalue weighted by atomic mass is 32.1. The lowest BCUT2D eigenvalue weighted by Crippen LogP contribution is -2.17. The van der Waals surface area contributed by atoms with Crippen molar-refractivity contribution in [2.45, 2.75) is 26.3 Å². The van der Waals surface area contributed by atoms with Crippen molar-refractivity contribution in [3.05, 3.63) is 65.1 Å². The maximum Gasteiger partial charge on any atom is 0.163 e. The number of hydrogen-bond acceptors (Lipinski definition) is 4. The van der Waals surface area contributed by atoms with E-state index in [2.05, 4.69) is 70.0 Å². The van der Waals surface area contributed by atoms with Crippen LogP contribution in [0.1, 0.15) is 23.4 Å². The second kappa shape index (κ2) is 7.04. The van der Waals surface area contributed by atoms with Crippen molar-refractivity contribution >= 4 is 33.4 Å². The van der Waals surface area contributed by atoms with Crippen LogP contribution in [0.5, 0.6) is 0 Å². The molecule has 31 heavy (non-hydrogen) atoms. The highest BCUT2D eigenvalue weighted by molar-refractivity contribution is 7.14. The van der Waals surface area contributed by atoms with E-state index in [-0.39, 0.29) is 0 Å². The standard InChI is InChI=1S/C25H25N5S/c1-16-14-26-25-23(27-16)19-15-28(2)10-4-5-20(19)30(25)21-9-12-31-24(21)18-7-6-17-8-11-29(3)22(17)13-18/h6-9,11-14H,4-5,10,15H2,1-3H3. The van der Waals surface area contributed by atoms with Gasteiger partial charge in [0.15, 0.2) is 5.65 Å². The van der Waals surface area contributed by atoms with Gasteiger partial charge in [0.05, 0.1) is 22.5 Å². The lowest BCUT2D eigenvalue weighted by molar-refractivity contribution is 0.333. The van der Waals surface area contributed by atoms with Crippen molar-refractivity contribution in [3.63, 3.8) is 0 Å². The third-order valence-corrected chi connectivity index (χ3v) is 7.36. The van der Waals surface area contributed by atoms with Gasteiger partial charge in [0, 0.05) is 36.6 Å². The minimum Gasteiger partial charge on any atom is -0.351 e. The van der Waals surface area contributed by atoms with Gasteiger partial charge in [-0.2, -0.15) is 0 Å². The minimum atomic E-state index is 0.922. The third kappa shape index (κ3) is 2.93. The largest absolute Gasteiger partial charge is 0.351 e. The summed E-state index contributed by atoms with van der Waals surface area (Å²) in [5, 5.41) is 3.47. The lowest BCUT2D eigenvalue weighted by atomic mass is 10.1. The molecule has 0 radical (unpaired) electrons. The van der Waals surface area contributed by atoms with E-state index in [1.54, 1.807) is 11.3 Å². The van der Waals surface area contributed by atoms with Crippen LogP contribution in [0.3, 0.4) is 0 Å². The van der Waals surface area contributed by atoms with E-state index in [0.29, 0.717) is 0 Å². The summed E-state index contributed by atoms with van der Waals surface area (Å²) in [7, 11) is 4.31. The third-order valence-electron chi connectivity index (χ3n) is 6.41. The number of rotatable bonds is 2. The monoisotopic (exact) mass is 427 g/mol. The number of fused-ring (bicyclic) bond motifs is 4. The van der Waals surface area contributed by atoms with Gasteiger partial charge in [-0.05, 0) is 67.9 Å². The van der Waals surface area contributed by atoms with Crippen LogP contribution in [0, 0.1) is 6.92 Å². The molecule has 4 aromatic heterocycles. The zero-order valence-corrected chi connectivity index (χ0v) is 18.9. The predicted molar refractivity (Wildman–Crippen MR) is 128 cm³/mol. The topological polar surface area (TPSA) is 38.9 Å². The van der Waals surface area contributed by atoms with E-state index in [4.69, 9.17) is 9.97 Å². The first-order valence-electron chi connectivity index (χ1n) is 10.8. The van der Waals surface area contributed by atoms with Gasteiger partial charge >= 0.3 is 0 Å². The Morgan fingerprint density at radius 3 is 2.90 bits per heavy atom. The van der Waals surface area contributed by atoms with Gasteiger partial charge in [0.1, 0.15) is 5.52 Å². The summed E-state index contributed by atoms with van der Waals surface area (Å²) in [6.45, 7) is 4.06. The van der Waals surface area contributed by atoms with Crippen molar-refractivity contribution < 1.29 is 0 Å². The van der Waals surface area contributed by atoms with Crippen molar-refractivity contribution in [2.24, 2.45) is 7.05 Å². The normalized spacial score (nSPS) is 14.9. The SMILES string of the molecule is Cc1cnc2c(n1)c1c(n2-c2ccsc2-c2ccc3ccn(C)c3c2)CCCN(C)C1. The Bertz CT molecular complexity index is 1440. The van der Waals surface area contributed by atoms with Crippen molar-refractivity contribution in [1.29, 1.82) is 0 Å². The van der Waals surface area contributed by atoms with Crippen LogP contribution in [-0.2, 0) is 20.0 Å². The van der Waals surface area contributed by atoms with E-state index >= 15 is 0 Å². The van der Waals surface area contributed by atoms with Crippen molar-refractivity contribution in [1.82, 2.24) is 24.0 Å². The highest BCUT2D eigenvalue weighted by Crippen LogP contribution is 2.39. The van der Waals surface area contributed by atoms with Gasteiger partial charge in [0.2, 0.25) is 0 Å². The Kier molecular flexibility index (Phi) is 4.26. The zero-order valence-electron chi connectivity index (χ0n) is 18.1. The van der Waals surface area contributed by atoms with E-state index in [0.717, 1.165) is 42.8 Å². The van der Waals surface area contributed by atoms with Gasteiger partial charge in [0.25, 0.3) is 0 Å². The Labute approximate surface area is 185 Å². The van der Waals surface area contributed by atoms with Gasteiger partial charge in [-0.25, -0.2) is 9.97 Å². The molecular formula is C25H25N5S.